The fourth-order valence-electron chi connectivity index (χ4n) is 4.86. The van der Waals surface area contributed by atoms with Gasteiger partial charge in [0.2, 0.25) is 0 Å². The number of benzene rings is 2. The third-order valence-corrected chi connectivity index (χ3v) is 6.88. The summed E-state index contributed by atoms with van der Waals surface area (Å²) in [6.07, 6.45) is -0.216. The number of carboxylic acids is 1. The van der Waals surface area contributed by atoms with E-state index in [2.05, 4.69) is 5.32 Å². The van der Waals surface area contributed by atoms with E-state index >= 15 is 0 Å². The first-order valence-electron chi connectivity index (χ1n) is 15.1. The molecule has 11 heteroatoms. The second kappa shape index (κ2) is 15.5. The molecule has 0 unspecified atom stereocenters. The monoisotopic (exact) mass is 636 g/mol. The van der Waals surface area contributed by atoms with Gasteiger partial charge in [-0.2, -0.15) is 0 Å². The lowest BCUT2D eigenvalue weighted by Crippen LogP contribution is -2.38. The van der Waals surface area contributed by atoms with Crippen LogP contribution >= 0.6 is 0 Å². The van der Waals surface area contributed by atoms with Crippen molar-refractivity contribution in [2.24, 2.45) is 5.92 Å². The Bertz CT molecular complexity index is 1560. The van der Waals surface area contributed by atoms with Gasteiger partial charge in [-0.15, -0.1) is 0 Å². The number of hydrogen-bond donors (Lipinski definition) is 2. The molecule has 1 amide bonds. The molecule has 1 aromatic heterocycles. The third kappa shape index (κ3) is 9.12. The average Bonchev–Trinajstić information content (AvgIpc) is 2.98. The van der Waals surface area contributed by atoms with Crippen LogP contribution in [0.4, 0.5) is 9.18 Å². The van der Waals surface area contributed by atoms with Crippen LogP contribution < -0.4 is 5.32 Å². The Hall–Kier alpha value is -4.80. The number of halogens is 1. The van der Waals surface area contributed by atoms with Crippen LogP contribution in [0.5, 0.6) is 0 Å². The maximum Gasteiger partial charge on any atom is 0.408 e. The van der Waals surface area contributed by atoms with E-state index in [0.717, 1.165) is 5.56 Å². The summed E-state index contributed by atoms with van der Waals surface area (Å²) in [6.45, 7) is 12.1. The molecule has 246 valence electrons. The number of carbonyl (C=O) groups excluding carboxylic acids is 3. The number of aromatic nitrogens is 1. The third-order valence-electron chi connectivity index (χ3n) is 6.88. The first kappa shape index (κ1) is 35.7. The summed E-state index contributed by atoms with van der Waals surface area (Å²) < 4.78 is 30.1. The maximum atomic E-state index is 13.8. The molecular formula is C35H41FN2O8. The van der Waals surface area contributed by atoms with Crippen LogP contribution in [-0.2, 0) is 27.1 Å². The van der Waals surface area contributed by atoms with Crippen LogP contribution in [0.15, 0.2) is 48.5 Å². The Balaban J connectivity index is 2.43. The van der Waals surface area contributed by atoms with E-state index in [1.807, 2.05) is 13.8 Å². The van der Waals surface area contributed by atoms with Crippen molar-refractivity contribution in [3.8, 4) is 11.1 Å². The molecule has 46 heavy (non-hydrogen) atoms. The van der Waals surface area contributed by atoms with Crippen LogP contribution in [-0.4, -0.2) is 52.9 Å². The first-order chi connectivity index (χ1) is 21.7. The van der Waals surface area contributed by atoms with E-state index in [0.29, 0.717) is 12.0 Å². The van der Waals surface area contributed by atoms with E-state index in [1.54, 1.807) is 46.8 Å². The minimum absolute atomic E-state index is 0.00128. The molecule has 1 heterocycles. The van der Waals surface area contributed by atoms with Crippen molar-refractivity contribution in [1.29, 1.82) is 0 Å². The van der Waals surface area contributed by atoms with Crippen molar-refractivity contribution in [3.63, 3.8) is 0 Å². The largest absolute Gasteiger partial charge is 0.478 e. The van der Waals surface area contributed by atoms with Crippen molar-refractivity contribution in [2.75, 3.05) is 13.2 Å². The number of aromatic carboxylic acids is 1. The van der Waals surface area contributed by atoms with Crippen LogP contribution in [0.2, 0.25) is 0 Å². The van der Waals surface area contributed by atoms with Gasteiger partial charge >= 0.3 is 24.0 Å². The lowest BCUT2D eigenvalue weighted by molar-refractivity contribution is 0.0469. The Kier molecular flexibility index (Phi) is 12.0. The Morgan fingerprint density at radius 2 is 1.43 bits per heavy atom. The number of carbonyl (C=O) groups is 4. The summed E-state index contributed by atoms with van der Waals surface area (Å²) in [7, 11) is 0. The molecule has 0 bridgehead atoms. The molecule has 2 aromatic carbocycles. The number of ether oxygens (including phenoxy) is 3. The van der Waals surface area contributed by atoms with Gasteiger partial charge < -0.3 is 24.6 Å². The van der Waals surface area contributed by atoms with Crippen LogP contribution in [0.3, 0.4) is 0 Å². The van der Waals surface area contributed by atoms with Gasteiger partial charge in [-0.1, -0.05) is 38.1 Å². The Morgan fingerprint density at radius 1 is 0.870 bits per heavy atom. The molecule has 2 N–H and O–H groups in total. The number of nitrogens with zero attached hydrogens (tertiary/aromatic N) is 1. The highest BCUT2D eigenvalue weighted by Gasteiger charge is 2.35. The summed E-state index contributed by atoms with van der Waals surface area (Å²) in [6, 6.07) is 10.7. The highest BCUT2D eigenvalue weighted by Crippen LogP contribution is 2.37. The standard InChI is InChI=1S/C35H41FN2O8/c1-8-44-32(41)27-25(19-12-21-10-17-24(36)18-11-21)37-30(29(20(3)4)38-34(43)46-35(5,6)7)28(33(42)45-9-2)26(27)22-13-15-23(16-14-22)31(39)40/h10-11,13-18,20,29H,8-9,12,19H2,1-7H3,(H,38,43)(H,39,40)/t29-/m0/s1. The zero-order valence-corrected chi connectivity index (χ0v) is 27.2. The SMILES string of the molecule is CCOC(=O)c1c(CCc2ccc(F)cc2)nc([C@@H](NC(=O)OC(C)(C)C)C(C)C)c(C(=O)OCC)c1-c1ccc(C(=O)O)cc1. The van der Waals surface area contributed by atoms with Gasteiger partial charge in [0.05, 0.1) is 47.3 Å². The fourth-order valence-corrected chi connectivity index (χ4v) is 4.86. The second-order valence-electron chi connectivity index (χ2n) is 11.9. The number of pyridine rings is 1. The fraction of sp³-hybridized carbons (Fsp3) is 0.400. The lowest BCUT2D eigenvalue weighted by atomic mass is 9.86. The normalized spacial score (nSPS) is 11.9. The molecule has 3 rings (SSSR count). The summed E-state index contributed by atoms with van der Waals surface area (Å²) >= 11 is 0. The number of hydrogen-bond acceptors (Lipinski definition) is 8. The van der Waals surface area contributed by atoms with Gasteiger partial charge in [0.1, 0.15) is 11.4 Å². The van der Waals surface area contributed by atoms with Crippen molar-refractivity contribution >= 4 is 24.0 Å². The number of aryl methyl sites for hydroxylation is 2. The van der Waals surface area contributed by atoms with Gasteiger partial charge in [-0.05, 0) is 88.8 Å². The smallest absolute Gasteiger partial charge is 0.408 e. The molecule has 0 fully saturated rings. The summed E-state index contributed by atoms with van der Waals surface area (Å²) in [4.78, 5) is 57.2. The summed E-state index contributed by atoms with van der Waals surface area (Å²) in [5.74, 6) is -3.42. The summed E-state index contributed by atoms with van der Waals surface area (Å²) in [5, 5.41) is 12.4. The Morgan fingerprint density at radius 3 is 1.93 bits per heavy atom. The summed E-state index contributed by atoms with van der Waals surface area (Å²) in [5.41, 5.74) is 0.747. The Labute approximate surface area is 268 Å². The van der Waals surface area contributed by atoms with E-state index in [1.165, 1.54) is 36.4 Å². The number of alkyl carbamates (subject to hydrolysis) is 1. The molecule has 0 radical (unpaired) electrons. The number of esters is 2. The van der Waals surface area contributed by atoms with Gasteiger partial charge in [-0.25, -0.2) is 23.6 Å². The second-order valence-corrected chi connectivity index (χ2v) is 11.9. The number of carboxylic acid groups (broad SMARTS) is 1. The number of amides is 1. The topological polar surface area (TPSA) is 141 Å². The van der Waals surface area contributed by atoms with Gasteiger partial charge in [-0.3, -0.25) is 4.98 Å². The quantitative estimate of drug-likeness (QED) is 0.160. The first-order valence-corrected chi connectivity index (χ1v) is 15.1. The van der Waals surface area contributed by atoms with E-state index in [4.69, 9.17) is 19.2 Å². The van der Waals surface area contributed by atoms with Gasteiger partial charge in [0, 0.05) is 5.56 Å². The number of nitrogens with one attached hydrogen (secondary N) is 1. The molecule has 3 aromatic rings. The van der Waals surface area contributed by atoms with Crippen molar-refractivity contribution in [3.05, 3.63) is 88.0 Å². The van der Waals surface area contributed by atoms with Gasteiger partial charge in [0.25, 0.3) is 0 Å². The number of rotatable bonds is 12. The zero-order chi connectivity index (χ0) is 34.2. The van der Waals surface area contributed by atoms with Crippen LogP contribution in [0.1, 0.15) is 103 Å². The van der Waals surface area contributed by atoms with Crippen molar-refractivity contribution < 1.29 is 42.9 Å². The minimum atomic E-state index is -1.15. The molecule has 0 aliphatic carbocycles. The minimum Gasteiger partial charge on any atom is -0.478 e. The molecular weight excluding hydrogens is 595 g/mol. The molecule has 10 nitrogen and oxygen atoms in total. The van der Waals surface area contributed by atoms with E-state index < -0.39 is 41.5 Å². The maximum absolute atomic E-state index is 13.8. The lowest BCUT2D eigenvalue weighted by Gasteiger charge is -2.28. The highest BCUT2D eigenvalue weighted by atomic mass is 19.1. The molecule has 1 atom stereocenters. The van der Waals surface area contributed by atoms with Crippen LogP contribution in [0, 0.1) is 11.7 Å². The molecule has 0 aliphatic heterocycles. The van der Waals surface area contributed by atoms with Crippen LogP contribution in [0.25, 0.3) is 11.1 Å². The van der Waals surface area contributed by atoms with Crippen molar-refractivity contribution in [1.82, 2.24) is 10.3 Å². The van der Waals surface area contributed by atoms with Gasteiger partial charge in [0.15, 0.2) is 0 Å². The predicted molar refractivity (Wildman–Crippen MR) is 169 cm³/mol. The zero-order valence-electron chi connectivity index (χ0n) is 27.2. The molecule has 0 saturated heterocycles. The van der Waals surface area contributed by atoms with E-state index in [9.17, 15) is 28.7 Å². The molecule has 0 saturated carbocycles. The molecule has 0 spiro atoms. The van der Waals surface area contributed by atoms with E-state index in [-0.39, 0.29) is 59.2 Å². The predicted octanol–water partition coefficient (Wildman–Crippen LogP) is 6.95. The average molecular weight is 637 g/mol. The molecule has 0 aliphatic rings. The van der Waals surface area contributed by atoms with Crippen molar-refractivity contribution in [2.45, 2.75) is 73.0 Å². The highest BCUT2D eigenvalue weighted by molar-refractivity contribution is 6.07.